The first-order valence-electron chi connectivity index (χ1n) is 7.48. The minimum Gasteiger partial charge on any atom is -0.481 e. The monoisotopic (exact) mass is 270 g/mol. The lowest BCUT2D eigenvalue weighted by molar-refractivity contribution is -0.137. The van der Waals surface area contributed by atoms with Crippen molar-refractivity contribution in [2.45, 2.75) is 25.7 Å². The van der Waals surface area contributed by atoms with E-state index in [1.165, 1.54) is 0 Å². The van der Waals surface area contributed by atoms with E-state index in [1.807, 2.05) is 0 Å². The first kappa shape index (κ1) is 14.8. The lowest BCUT2D eigenvalue weighted by atomic mass is 9.92. The number of morpholine rings is 1. The van der Waals surface area contributed by atoms with Gasteiger partial charge in [0.2, 0.25) is 0 Å². The highest BCUT2D eigenvalue weighted by Crippen LogP contribution is 2.21. The third-order valence-electron chi connectivity index (χ3n) is 4.31. The van der Waals surface area contributed by atoms with E-state index >= 15 is 0 Å². The van der Waals surface area contributed by atoms with Crippen molar-refractivity contribution in [2.24, 2.45) is 5.92 Å². The van der Waals surface area contributed by atoms with Gasteiger partial charge in [0.1, 0.15) is 0 Å². The Morgan fingerprint density at radius 1 is 1.05 bits per heavy atom. The maximum absolute atomic E-state index is 10.6. The number of rotatable bonds is 6. The molecule has 0 saturated carbocycles. The number of hydrogen-bond donors (Lipinski definition) is 1. The second kappa shape index (κ2) is 7.82. The summed E-state index contributed by atoms with van der Waals surface area (Å²) in [6.07, 6.45) is 3.51. The molecular formula is C14H26N2O3. The number of carbonyl (C=O) groups is 1. The van der Waals surface area contributed by atoms with Crippen LogP contribution in [0.1, 0.15) is 25.7 Å². The first-order chi connectivity index (χ1) is 9.24. The molecule has 0 radical (unpaired) electrons. The number of ether oxygens (including phenoxy) is 1. The van der Waals surface area contributed by atoms with Crippen LogP contribution in [0.4, 0.5) is 0 Å². The predicted molar refractivity (Wildman–Crippen MR) is 73.3 cm³/mol. The van der Waals surface area contributed by atoms with Gasteiger partial charge in [-0.3, -0.25) is 9.69 Å². The molecule has 0 aromatic rings. The van der Waals surface area contributed by atoms with E-state index < -0.39 is 5.97 Å². The van der Waals surface area contributed by atoms with Gasteiger partial charge in [-0.05, 0) is 38.3 Å². The molecule has 2 aliphatic heterocycles. The van der Waals surface area contributed by atoms with Crippen molar-refractivity contribution in [2.75, 3.05) is 52.5 Å². The highest BCUT2D eigenvalue weighted by atomic mass is 16.5. The minimum absolute atomic E-state index is 0.332. The largest absolute Gasteiger partial charge is 0.481 e. The van der Waals surface area contributed by atoms with E-state index in [1.54, 1.807) is 0 Å². The second-order valence-corrected chi connectivity index (χ2v) is 5.67. The van der Waals surface area contributed by atoms with Gasteiger partial charge in [-0.2, -0.15) is 0 Å². The van der Waals surface area contributed by atoms with Gasteiger partial charge in [0, 0.05) is 32.6 Å². The average molecular weight is 270 g/mol. The Morgan fingerprint density at radius 2 is 1.63 bits per heavy atom. The molecule has 2 fully saturated rings. The van der Waals surface area contributed by atoms with E-state index in [2.05, 4.69) is 9.80 Å². The Bertz CT molecular complexity index is 272. The highest BCUT2D eigenvalue weighted by molar-refractivity contribution is 5.66. The Kier molecular flexibility index (Phi) is 6.07. The third-order valence-corrected chi connectivity index (χ3v) is 4.31. The summed E-state index contributed by atoms with van der Waals surface area (Å²) >= 11 is 0. The number of piperidine rings is 1. The Balaban J connectivity index is 1.56. The molecule has 2 heterocycles. The zero-order valence-corrected chi connectivity index (χ0v) is 11.7. The molecule has 0 unspecified atom stereocenters. The fourth-order valence-electron chi connectivity index (χ4n) is 2.93. The normalized spacial score (nSPS) is 23.6. The van der Waals surface area contributed by atoms with Gasteiger partial charge in [-0.1, -0.05) is 0 Å². The van der Waals surface area contributed by atoms with Gasteiger partial charge in [0.25, 0.3) is 0 Å². The van der Waals surface area contributed by atoms with Crippen LogP contribution in [0.25, 0.3) is 0 Å². The van der Waals surface area contributed by atoms with Gasteiger partial charge in [-0.25, -0.2) is 0 Å². The van der Waals surface area contributed by atoms with Gasteiger partial charge < -0.3 is 14.7 Å². The molecule has 0 bridgehead atoms. The van der Waals surface area contributed by atoms with Crippen LogP contribution < -0.4 is 0 Å². The van der Waals surface area contributed by atoms with Crippen molar-refractivity contribution in [3.05, 3.63) is 0 Å². The summed E-state index contributed by atoms with van der Waals surface area (Å²) in [7, 11) is 0. The summed E-state index contributed by atoms with van der Waals surface area (Å²) in [5.41, 5.74) is 0. The Morgan fingerprint density at radius 3 is 2.21 bits per heavy atom. The molecular weight excluding hydrogens is 244 g/mol. The molecule has 0 aromatic carbocycles. The molecule has 2 aliphatic rings. The van der Waals surface area contributed by atoms with Crippen LogP contribution in [-0.4, -0.2) is 73.4 Å². The summed E-state index contributed by atoms with van der Waals surface area (Å²) in [4.78, 5) is 15.6. The second-order valence-electron chi connectivity index (χ2n) is 5.67. The molecule has 2 saturated heterocycles. The van der Waals surface area contributed by atoms with E-state index in [9.17, 15) is 4.79 Å². The molecule has 0 aromatic heterocycles. The van der Waals surface area contributed by atoms with Crippen molar-refractivity contribution in [1.29, 1.82) is 0 Å². The number of nitrogens with zero attached hydrogens (tertiary/aromatic N) is 2. The molecule has 110 valence electrons. The summed E-state index contributed by atoms with van der Waals surface area (Å²) in [6, 6.07) is 0. The molecule has 0 atom stereocenters. The SMILES string of the molecule is O=C(O)CCC1CCN(CCN2CCOCC2)CC1. The molecule has 2 rings (SSSR count). The van der Waals surface area contributed by atoms with Crippen molar-refractivity contribution >= 4 is 5.97 Å². The smallest absolute Gasteiger partial charge is 0.303 e. The van der Waals surface area contributed by atoms with Crippen LogP contribution in [0, 0.1) is 5.92 Å². The van der Waals surface area contributed by atoms with Crippen molar-refractivity contribution in [1.82, 2.24) is 9.80 Å². The molecule has 19 heavy (non-hydrogen) atoms. The molecule has 5 nitrogen and oxygen atoms in total. The maximum Gasteiger partial charge on any atom is 0.303 e. The summed E-state index contributed by atoms with van der Waals surface area (Å²) in [5, 5.41) is 8.70. The maximum atomic E-state index is 10.6. The zero-order valence-electron chi connectivity index (χ0n) is 11.7. The van der Waals surface area contributed by atoms with Crippen LogP contribution >= 0.6 is 0 Å². The minimum atomic E-state index is -0.658. The molecule has 0 amide bonds. The van der Waals surface area contributed by atoms with Gasteiger partial charge >= 0.3 is 5.97 Å². The molecule has 0 aliphatic carbocycles. The number of carboxylic acid groups (broad SMARTS) is 1. The predicted octanol–water partition coefficient (Wildman–Crippen LogP) is 0.895. The summed E-state index contributed by atoms with van der Waals surface area (Å²) in [5.74, 6) is -0.0366. The lowest BCUT2D eigenvalue weighted by Gasteiger charge is -2.34. The van der Waals surface area contributed by atoms with Crippen molar-refractivity contribution in [3.63, 3.8) is 0 Å². The summed E-state index contributed by atoms with van der Waals surface area (Å²) < 4.78 is 5.35. The number of carboxylic acids is 1. The van der Waals surface area contributed by atoms with Gasteiger partial charge in [-0.15, -0.1) is 0 Å². The standard InChI is InChI=1S/C14H26N2O3/c17-14(18)2-1-13-3-5-15(6-4-13)7-8-16-9-11-19-12-10-16/h13H,1-12H2,(H,17,18). The number of likely N-dealkylation sites (tertiary alicyclic amines) is 1. The Hall–Kier alpha value is -0.650. The third kappa shape index (κ3) is 5.47. The van der Waals surface area contributed by atoms with Gasteiger partial charge in [0.05, 0.1) is 13.2 Å². The van der Waals surface area contributed by atoms with Crippen LogP contribution in [0.15, 0.2) is 0 Å². The van der Waals surface area contributed by atoms with E-state index in [0.717, 1.165) is 71.7 Å². The summed E-state index contributed by atoms with van der Waals surface area (Å²) in [6.45, 7) is 8.43. The van der Waals surface area contributed by atoms with Crippen LogP contribution in [-0.2, 0) is 9.53 Å². The van der Waals surface area contributed by atoms with Crippen molar-refractivity contribution in [3.8, 4) is 0 Å². The Labute approximate surface area is 115 Å². The van der Waals surface area contributed by atoms with Crippen molar-refractivity contribution < 1.29 is 14.6 Å². The van der Waals surface area contributed by atoms with Crippen LogP contribution in [0.3, 0.4) is 0 Å². The molecule has 5 heteroatoms. The fourth-order valence-corrected chi connectivity index (χ4v) is 2.93. The lowest BCUT2D eigenvalue weighted by Crippen LogP contribution is -2.43. The fraction of sp³-hybridized carbons (Fsp3) is 0.929. The van der Waals surface area contributed by atoms with Gasteiger partial charge in [0.15, 0.2) is 0 Å². The first-order valence-corrected chi connectivity index (χ1v) is 7.48. The van der Waals surface area contributed by atoms with Crippen LogP contribution in [0.2, 0.25) is 0 Å². The van der Waals surface area contributed by atoms with Crippen LogP contribution in [0.5, 0.6) is 0 Å². The molecule has 1 N–H and O–H groups in total. The van der Waals surface area contributed by atoms with E-state index in [0.29, 0.717) is 12.3 Å². The van der Waals surface area contributed by atoms with E-state index in [4.69, 9.17) is 9.84 Å². The van der Waals surface area contributed by atoms with E-state index in [-0.39, 0.29) is 0 Å². The zero-order chi connectivity index (χ0) is 13.5. The molecule has 0 spiro atoms. The highest BCUT2D eigenvalue weighted by Gasteiger charge is 2.20. The number of aliphatic carboxylic acids is 1. The topological polar surface area (TPSA) is 53.0 Å². The quantitative estimate of drug-likeness (QED) is 0.777. The number of hydrogen-bond acceptors (Lipinski definition) is 4. The average Bonchev–Trinajstić information content (AvgIpc) is 2.45.